The normalized spacial score (nSPS) is 17.3. The first kappa shape index (κ1) is 16.5. The number of carbonyl (C=O) groups is 1. The van der Waals surface area contributed by atoms with E-state index in [0.717, 1.165) is 42.7 Å². The van der Waals surface area contributed by atoms with Crippen LogP contribution in [0.2, 0.25) is 0 Å². The van der Waals surface area contributed by atoms with Crippen LogP contribution in [0.3, 0.4) is 0 Å². The number of aromatic nitrogens is 2. The van der Waals surface area contributed by atoms with Gasteiger partial charge in [0.05, 0.1) is 5.52 Å². The fourth-order valence-corrected chi connectivity index (χ4v) is 3.67. The molecule has 0 radical (unpaired) electrons. The van der Waals surface area contributed by atoms with Crippen molar-refractivity contribution in [3.63, 3.8) is 0 Å². The number of likely N-dealkylation sites (N-methyl/N-ethyl adjacent to an activating group) is 1. The van der Waals surface area contributed by atoms with Crippen molar-refractivity contribution in [2.45, 2.75) is 18.9 Å². The Labute approximate surface area is 153 Å². The van der Waals surface area contributed by atoms with Gasteiger partial charge in [0.2, 0.25) is 0 Å². The van der Waals surface area contributed by atoms with Crippen LogP contribution in [0.4, 0.5) is 5.82 Å². The largest absolute Gasteiger partial charge is 0.355 e. The van der Waals surface area contributed by atoms with Crippen LogP contribution in [0, 0.1) is 0 Å². The van der Waals surface area contributed by atoms with Gasteiger partial charge < -0.3 is 9.80 Å². The molecule has 5 nitrogen and oxygen atoms in total. The van der Waals surface area contributed by atoms with E-state index in [0.29, 0.717) is 5.56 Å². The highest BCUT2D eigenvalue weighted by Gasteiger charge is 2.28. The number of rotatable bonds is 3. The molecule has 0 spiro atoms. The topological polar surface area (TPSA) is 49.3 Å². The van der Waals surface area contributed by atoms with Gasteiger partial charge in [-0.2, -0.15) is 0 Å². The van der Waals surface area contributed by atoms with Crippen LogP contribution in [0.25, 0.3) is 10.9 Å². The molecule has 2 aromatic heterocycles. The van der Waals surface area contributed by atoms with Crippen molar-refractivity contribution in [1.29, 1.82) is 0 Å². The summed E-state index contributed by atoms with van der Waals surface area (Å²) in [5.74, 6) is 1.03. The van der Waals surface area contributed by atoms with Gasteiger partial charge in [-0.3, -0.25) is 9.78 Å². The van der Waals surface area contributed by atoms with Crippen LogP contribution in [0.15, 0.2) is 60.9 Å². The van der Waals surface area contributed by atoms with E-state index < -0.39 is 0 Å². The fourth-order valence-electron chi connectivity index (χ4n) is 3.67. The molecule has 3 heterocycles. The minimum absolute atomic E-state index is 0.0523. The van der Waals surface area contributed by atoms with Crippen molar-refractivity contribution in [3.8, 4) is 0 Å². The van der Waals surface area contributed by atoms with Gasteiger partial charge in [-0.15, -0.1) is 0 Å². The lowest BCUT2D eigenvalue weighted by atomic mass is 10.0. The number of piperidine rings is 1. The Balaban J connectivity index is 1.56. The smallest absolute Gasteiger partial charge is 0.254 e. The van der Waals surface area contributed by atoms with Crippen molar-refractivity contribution in [3.05, 3.63) is 66.5 Å². The third-order valence-corrected chi connectivity index (χ3v) is 5.11. The van der Waals surface area contributed by atoms with Gasteiger partial charge in [0.25, 0.3) is 5.91 Å². The van der Waals surface area contributed by atoms with E-state index >= 15 is 0 Å². The van der Waals surface area contributed by atoms with E-state index in [2.05, 4.69) is 14.9 Å². The third-order valence-electron chi connectivity index (χ3n) is 5.11. The maximum absolute atomic E-state index is 13.2. The molecule has 0 N–H and O–H groups in total. The van der Waals surface area contributed by atoms with Crippen LogP contribution >= 0.6 is 0 Å². The summed E-state index contributed by atoms with van der Waals surface area (Å²) < 4.78 is 0. The van der Waals surface area contributed by atoms with Crippen molar-refractivity contribution in [2.24, 2.45) is 0 Å². The molecule has 26 heavy (non-hydrogen) atoms. The maximum atomic E-state index is 13.2. The number of benzene rings is 1. The highest BCUT2D eigenvalue weighted by Crippen LogP contribution is 2.23. The fraction of sp³-hybridized carbons (Fsp3) is 0.286. The van der Waals surface area contributed by atoms with Gasteiger partial charge in [0.15, 0.2) is 0 Å². The number of pyridine rings is 2. The number of nitrogens with zero attached hydrogens (tertiary/aromatic N) is 4. The molecule has 0 unspecified atom stereocenters. The zero-order valence-corrected chi connectivity index (χ0v) is 14.9. The molecule has 132 valence electrons. The van der Waals surface area contributed by atoms with Crippen molar-refractivity contribution >= 4 is 22.6 Å². The van der Waals surface area contributed by atoms with Crippen LogP contribution in [0.5, 0.6) is 0 Å². The second-order valence-electron chi connectivity index (χ2n) is 6.72. The monoisotopic (exact) mass is 346 g/mol. The zero-order chi connectivity index (χ0) is 17.9. The van der Waals surface area contributed by atoms with Crippen LogP contribution in [-0.2, 0) is 0 Å². The molecule has 0 bridgehead atoms. The number of carbonyl (C=O) groups excluding carboxylic acids is 1. The standard InChI is InChI=1S/C21H22N4O/c1-24(16-7-6-14-25(15-16)20-11-2-3-12-23-20)21(26)18-8-4-10-19-17(18)9-5-13-22-19/h2-5,8-13,16H,6-7,14-15H2,1H3/t16-/m1/s1. The Morgan fingerprint density at radius 1 is 1.08 bits per heavy atom. The van der Waals surface area contributed by atoms with Gasteiger partial charge in [-0.05, 0) is 43.2 Å². The molecule has 0 aliphatic carbocycles. The second kappa shape index (κ2) is 7.12. The molecular formula is C21H22N4O. The van der Waals surface area contributed by atoms with Gasteiger partial charge in [-0.1, -0.05) is 18.2 Å². The summed E-state index contributed by atoms with van der Waals surface area (Å²) >= 11 is 0. The number of amides is 1. The van der Waals surface area contributed by atoms with Gasteiger partial charge in [0, 0.05) is 49.5 Å². The van der Waals surface area contributed by atoms with Gasteiger partial charge in [0.1, 0.15) is 5.82 Å². The Bertz CT molecular complexity index is 907. The predicted octanol–water partition coefficient (Wildman–Crippen LogP) is 3.37. The van der Waals surface area contributed by atoms with Crippen molar-refractivity contribution < 1.29 is 4.79 Å². The molecule has 1 aromatic carbocycles. The molecule has 0 saturated carbocycles. The average molecular weight is 346 g/mol. The Hall–Kier alpha value is -2.95. The number of hydrogen-bond donors (Lipinski definition) is 0. The van der Waals surface area contributed by atoms with Gasteiger partial charge >= 0.3 is 0 Å². The van der Waals surface area contributed by atoms with Crippen LogP contribution < -0.4 is 4.90 Å². The zero-order valence-electron chi connectivity index (χ0n) is 14.9. The Kier molecular flexibility index (Phi) is 4.52. The Morgan fingerprint density at radius 3 is 2.81 bits per heavy atom. The van der Waals surface area contributed by atoms with Gasteiger partial charge in [-0.25, -0.2) is 4.98 Å². The quantitative estimate of drug-likeness (QED) is 0.730. The summed E-state index contributed by atoms with van der Waals surface area (Å²) in [5, 5.41) is 0.907. The predicted molar refractivity (Wildman–Crippen MR) is 103 cm³/mol. The summed E-state index contributed by atoms with van der Waals surface area (Å²) in [7, 11) is 1.91. The van der Waals surface area contributed by atoms with E-state index in [1.807, 2.05) is 66.7 Å². The second-order valence-corrected chi connectivity index (χ2v) is 6.72. The molecule has 1 saturated heterocycles. The summed E-state index contributed by atoms with van der Waals surface area (Å²) in [6.07, 6.45) is 5.63. The lowest BCUT2D eigenvalue weighted by Crippen LogP contribution is -2.48. The maximum Gasteiger partial charge on any atom is 0.254 e. The molecule has 1 fully saturated rings. The summed E-state index contributed by atoms with van der Waals surface area (Å²) in [5.41, 5.74) is 1.57. The highest BCUT2D eigenvalue weighted by molar-refractivity contribution is 6.06. The van der Waals surface area contributed by atoms with E-state index in [9.17, 15) is 4.79 Å². The molecule has 1 aliphatic rings. The van der Waals surface area contributed by atoms with Crippen LogP contribution in [0.1, 0.15) is 23.2 Å². The van der Waals surface area contributed by atoms with Crippen LogP contribution in [-0.4, -0.2) is 47.0 Å². The molecule has 1 aliphatic heterocycles. The summed E-state index contributed by atoms with van der Waals surface area (Å²) in [6.45, 7) is 1.79. The lowest BCUT2D eigenvalue weighted by molar-refractivity contribution is 0.0719. The number of hydrogen-bond acceptors (Lipinski definition) is 4. The summed E-state index contributed by atoms with van der Waals surface area (Å²) in [4.78, 5) is 26.1. The molecule has 1 amide bonds. The number of anilines is 1. The molecule has 4 rings (SSSR count). The van der Waals surface area contributed by atoms with E-state index in [1.54, 1.807) is 6.20 Å². The molecule has 3 aromatic rings. The summed E-state index contributed by atoms with van der Waals surface area (Å²) in [6, 6.07) is 15.7. The first-order chi connectivity index (χ1) is 12.7. The van der Waals surface area contributed by atoms with E-state index in [1.165, 1.54) is 0 Å². The third kappa shape index (κ3) is 3.12. The highest BCUT2D eigenvalue weighted by atomic mass is 16.2. The van der Waals surface area contributed by atoms with Crippen molar-refractivity contribution in [2.75, 3.05) is 25.0 Å². The molecule has 1 atom stereocenters. The minimum Gasteiger partial charge on any atom is -0.355 e. The van der Waals surface area contributed by atoms with E-state index in [4.69, 9.17) is 0 Å². The van der Waals surface area contributed by atoms with Crippen molar-refractivity contribution in [1.82, 2.24) is 14.9 Å². The average Bonchev–Trinajstić information content (AvgIpc) is 2.73. The lowest BCUT2D eigenvalue weighted by Gasteiger charge is -2.38. The molecule has 5 heteroatoms. The first-order valence-corrected chi connectivity index (χ1v) is 9.01. The SMILES string of the molecule is CN(C(=O)c1cccc2ncccc12)[C@@H]1CCCN(c2ccccn2)C1. The molecular weight excluding hydrogens is 324 g/mol. The first-order valence-electron chi connectivity index (χ1n) is 9.01. The minimum atomic E-state index is 0.0523. The Morgan fingerprint density at radius 2 is 1.96 bits per heavy atom. The van der Waals surface area contributed by atoms with E-state index in [-0.39, 0.29) is 11.9 Å². The number of fused-ring (bicyclic) bond motifs is 1.